The number of benzene rings is 1. The summed E-state index contributed by atoms with van der Waals surface area (Å²) in [5, 5.41) is 15.3. The molecule has 116 valence electrons. The van der Waals surface area contributed by atoms with Gasteiger partial charge in [-0.3, -0.25) is 4.79 Å². The highest BCUT2D eigenvalue weighted by Gasteiger charge is 2.69. The largest absolute Gasteiger partial charge is 0.411 e. The van der Waals surface area contributed by atoms with Crippen molar-refractivity contribution in [3.8, 4) is 0 Å². The van der Waals surface area contributed by atoms with E-state index < -0.39 is 0 Å². The zero-order valence-electron chi connectivity index (χ0n) is 12.2. The van der Waals surface area contributed by atoms with E-state index in [1.807, 2.05) is 24.3 Å². The van der Waals surface area contributed by atoms with Crippen LogP contribution in [0.4, 0.5) is 5.69 Å². The van der Waals surface area contributed by atoms with Crippen LogP contribution in [-0.2, 0) is 4.79 Å². The van der Waals surface area contributed by atoms with E-state index in [1.54, 1.807) is 6.21 Å². The van der Waals surface area contributed by atoms with Crippen molar-refractivity contribution < 1.29 is 10.0 Å². The molecule has 2 N–H and O–H groups in total. The number of rotatable bonds is 3. The fourth-order valence-electron chi connectivity index (χ4n) is 5.12. The molecule has 0 saturated heterocycles. The van der Waals surface area contributed by atoms with Crippen LogP contribution in [0.15, 0.2) is 33.9 Å². The van der Waals surface area contributed by atoms with Gasteiger partial charge in [-0.05, 0) is 67.2 Å². The Hall–Kier alpha value is -1.36. The third kappa shape index (κ3) is 2.02. The maximum absolute atomic E-state index is 12.8. The SMILES string of the molecule is O=C(Nc1ccc(Br)cc1)C1C(/C=N\O)C2CCC1C21CC1. The molecule has 1 spiro atoms. The molecule has 2 bridgehead atoms. The van der Waals surface area contributed by atoms with Gasteiger partial charge < -0.3 is 10.5 Å². The van der Waals surface area contributed by atoms with Crippen molar-refractivity contribution in [3.05, 3.63) is 28.7 Å². The topological polar surface area (TPSA) is 61.7 Å². The van der Waals surface area contributed by atoms with E-state index >= 15 is 0 Å². The van der Waals surface area contributed by atoms with E-state index in [0.29, 0.717) is 17.3 Å². The van der Waals surface area contributed by atoms with Crippen LogP contribution in [0.1, 0.15) is 25.7 Å². The van der Waals surface area contributed by atoms with Crippen LogP contribution in [0, 0.1) is 29.1 Å². The normalized spacial score (nSPS) is 34.4. The third-order valence-electron chi connectivity index (χ3n) is 6.06. The van der Waals surface area contributed by atoms with Crippen LogP contribution >= 0.6 is 15.9 Å². The van der Waals surface area contributed by atoms with Crippen LogP contribution in [0.5, 0.6) is 0 Å². The second-order valence-corrected chi connectivity index (χ2v) is 7.80. The van der Waals surface area contributed by atoms with Gasteiger partial charge in [0.25, 0.3) is 0 Å². The molecular formula is C17H19BrN2O2. The molecule has 0 aliphatic heterocycles. The quantitative estimate of drug-likeness (QED) is 0.486. The molecule has 22 heavy (non-hydrogen) atoms. The average molecular weight is 363 g/mol. The van der Waals surface area contributed by atoms with Gasteiger partial charge in [-0.25, -0.2) is 0 Å². The monoisotopic (exact) mass is 362 g/mol. The lowest BCUT2D eigenvalue weighted by Gasteiger charge is -2.26. The summed E-state index contributed by atoms with van der Waals surface area (Å²) in [7, 11) is 0. The number of hydrogen-bond donors (Lipinski definition) is 2. The van der Waals surface area contributed by atoms with E-state index in [1.165, 1.54) is 19.3 Å². The Bertz CT molecular complexity index is 624. The fraction of sp³-hybridized carbons (Fsp3) is 0.529. The Kier molecular flexibility index (Phi) is 3.29. The lowest BCUT2D eigenvalue weighted by Crippen LogP contribution is -2.34. The number of carbonyl (C=O) groups excluding carboxylic acids is 1. The third-order valence-corrected chi connectivity index (χ3v) is 6.59. The Morgan fingerprint density at radius 3 is 2.59 bits per heavy atom. The number of carbonyl (C=O) groups is 1. The highest BCUT2D eigenvalue weighted by atomic mass is 79.9. The smallest absolute Gasteiger partial charge is 0.228 e. The highest BCUT2D eigenvalue weighted by molar-refractivity contribution is 9.10. The molecule has 1 aromatic rings. The lowest BCUT2D eigenvalue weighted by molar-refractivity contribution is -0.122. The molecule has 4 rings (SSSR count). The maximum Gasteiger partial charge on any atom is 0.228 e. The highest BCUT2D eigenvalue weighted by Crippen LogP contribution is 2.74. The average Bonchev–Trinajstić information content (AvgIpc) is 3.17. The molecular weight excluding hydrogens is 344 g/mol. The Morgan fingerprint density at radius 1 is 1.27 bits per heavy atom. The van der Waals surface area contributed by atoms with E-state index in [4.69, 9.17) is 5.21 Å². The summed E-state index contributed by atoms with van der Waals surface area (Å²) in [6.07, 6.45) is 6.39. The summed E-state index contributed by atoms with van der Waals surface area (Å²) in [5.74, 6) is 1.08. The van der Waals surface area contributed by atoms with Crippen molar-refractivity contribution in [3.63, 3.8) is 0 Å². The Morgan fingerprint density at radius 2 is 1.95 bits per heavy atom. The number of anilines is 1. The lowest BCUT2D eigenvalue weighted by atomic mass is 9.79. The van der Waals surface area contributed by atoms with Gasteiger partial charge in [0.1, 0.15) is 0 Å². The van der Waals surface area contributed by atoms with Gasteiger partial charge >= 0.3 is 0 Å². The summed E-state index contributed by atoms with van der Waals surface area (Å²) >= 11 is 3.40. The van der Waals surface area contributed by atoms with E-state index in [2.05, 4.69) is 26.4 Å². The van der Waals surface area contributed by atoms with E-state index in [-0.39, 0.29) is 17.7 Å². The minimum Gasteiger partial charge on any atom is -0.411 e. The molecule has 3 fully saturated rings. The van der Waals surface area contributed by atoms with Crippen molar-refractivity contribution in [2.45, 2.75) is 25.7 Å². The predicted molar refractivity (Wildman–Crippen MR) is 87.9 cm³/mol. The molecule has 1 aromatic carbocycles. The van der Waals surface area contributed by atoms with Crippen molar-refractivity contribution in [1.82, 2.24) is 0 Å². The van der Waals surface area contributed by atoms with Gasteiger partial charge in [0, 0.05) is 28.2 Å². The van der Waals surface area contributed by atoms with Gasteiger partial charge in [0.2, 0.25) is 5.91 Å². The number of nitrogens with one attached hydrogen (secondary N) is 1. The van der Waals surface area contributed by atoms with E-state index in [0.717, 1.165) is 16.6 Å². The van der Waals surface area contributed by atoms with Gasteiger partial charge in [-0.2, -0.15) is 0 Å². The standard InChI is InChI=1S/C17H19BrN2O2/c18-10-1-3-11(4-2-10)20-16(21)15-12(9-19-22)13-5-6-14(15)17(13)7-8-17/h1-4,9,12-15,22H,5-8H2,(H,20,21)/b19-9-. The number of hydrogen-bond acceptors (Lipinski definition) is 3. The molecule has 0 aromatic heterocycles. The first-order valence-electron chi connectivity index (χ1n) is 7.90. The van der Waals surface area contributed by atoms with Crippen LogP contribution < -0.4 is 5.32 Å². The maximum atomic E-state index is 12.8. The number of nitrogens with zero attached hydrogens (tertiary/aromatic N) is 1. The summed E-state index contributed by atoms with van der Waals surface area (Å²) < 4.78 is 0.993. The van der Waals surface area contributed by atoms with Crippen molar-refractivity contribution in [1.29, 1.82) is 0 Å². The molecule has 4 unspecified atom stereocenters. The van der Waals surface area contributed by atoms with Crippen molar-refractivity contribution in [2.75, 3.05) is 5.32 Å². The number of oxime groups is 1. The molecule has 5 heteroatoms. The number of amides is 1. The predicted octanol–water partition coefficient (Wildman–Crippen LogP) is 3.90. The summed E-state index contributed by atoms with van der Waals surface area (Å²) in [5.41, 5.74) is 1.19. The van der Waals surface area contributed by atoms with E-state index in [9.17, 15) is 4.79 Å². The van der Waals surface area contributed by atoms with Crippen LogP contribution in [0.3, 0.4) is 0 Å². The van der Waals surface area contributed by atoms with Gasteiger partial charge in [-0.1, -0.05) is 15.9 Å². The summed E-state index contributed by atoms with van der Waals surface area (Å²) in [4.78, 5) is 12.8. The van der Waals surface area contributed by atoms with Gasteiger partial charge in [0.05, 0.1) is 0 Å². The molecule has 3 saturated carbocycles. The van der Waals surface area contributed by atoms with Crippen LogP contribution in [0.25, 0.3) is 0 Å². The fourth-order valence-corrected chi connectivity index (χ4v) is 5.38. The molecule has 4 nitrogen and oxygen atoms in total. The zero-order valence-corrected chi connectivity index (χ0v) is 13.8. The zero-order chi connectivity index (χ0) is 15.3. The van der Waals surface area contributed by atoms with Crippen LogP contribution in [0.2, 0.25) is 0 Å². The molecule has 1 amide bonds. The summed E-state index contributed by atoms with van der Waals surface area (Å²) in [6, 6.07) is 7.64. The minimum atomic E-state index is -0.0548. The Labute approximate surface area is 138 Å². The Balaban J connectivity index is 1.57. The molecule has 0 radical (unpaired) electrons. The first kappa shape index (κ1) is 14.2. The van der Waals surface area contributed by atoms with Crippen molar-refractivity contribution in [2.24, 2.45) is 34.2 Å². The molecule has 3 aliphatic rings. The summed E-state index contributed by atoms with van der Waals surface area (Å²) in [6.45, 7) is 0. The second kappa shape index (κ2) is 5.08. The van der Waals surface area contributed by atoms with Gasteiger partial charge in [0.15, 0.2) is 0 Å². The second-order valence-electron chi connectivity index (χ2n) is 6.89. The van der Waals surface area contributed by atoms with Crippen LogP contribution in [-0.4, -0.2) is 17.3 Å². The van der Waals surface area contributed by atoms with Gasteiger partial charge in [-0.15, -0.1) is 5.16 Å². The molecule has 3 aliphatic carbocycles. The van der Waals surface area contributed by atoms with Crippen molar-refractivity contribution >= 4 is 33.7 Å². The molecule has 4 atom stereocenters. The first-order chi connectivity index (χ1) is 10.7. The minimum absolute atomic E-state index is 0.0548. The first-order valence-corrected chi connectivity index (χ1v) is 8.69. The molecule has 0 heterocycles. The number of halogens is 1.